The van der Waals surface area contributed by atoms with Crippen molar-refractivity contribution in [2.24, 2.45) is 22.2 Å². The van der Waals surface area contributed by atoms with Crippen molar-refractivity contribution in [2.75, 3.05) is 19.7 Å². The predicted octanol–water partition coefficient (Wildman–Crippen LogP) is -4.21. The first-order valence-electron chi connectivity index (χ1n) is 10.2. The summed E-state index contributed by atoms with van der Waals surface area (Å²) >= 11 is 0. The molecule has 11 N–H and O–H groups in total. The van der Waals surface area contributed by atoms with E-state index in [1.807, 2.05) is 5.32 Å². The van der Waals surface area contributed by atoms with E-state index in [2.05, 4.69) is 10.3 Å². The summed E-state index contributed by atoms with van der Waals surface area (Å²) in [6.45, 7) is 0.982. The van der Waals surface area contributed by atoms with Gasteiger partial charge in [-0.15, -0.1) is 0 Å². The molecule has 5 unspecified atom stereocenters. The molecule has 0 aromatic rings. The first kappa shape index (κ1) is 27.1. The van der Waals surface area contributed by atoms with Crippen LogP contribution in [0.25, 0.3) is 0 Å². The first-order valence-corrected chi connectivity index (χ1v) is 10.2. The summed E-state index contributed by atoms with van der Waals surface area (Å²) in [4.78, 5) is 54.0. The first-order chi connectivity index (χ1) is 15.0. The summed E-state index contributed by atoms with van der Waals surface area (Å²) < 4.78 is 0. The summed E-state index contributed by atoms with van der Waals surface area (Å²) in [7, 11) is 0. The van der Waals surface area contributed by atoms with Crippen LogP contribution in [0.1, 0.15) is 32.6 Å². The standard InChI is InChI=1S/C18H33N7O7/c1-9(27)13(15(29)23-11(8-26)17(31)32)24-14(28)12-5-3-7-25(12)16(30)10(19)4-2-6-22-18(20)21/h9-13,26-27H,2-8,19H2,1H3,(H,23,29)(H,24,28)(H,31,32)(H4,20,21,22). The molecule has 182 valence electrons. The number of likely N-dealkylation sites (tertiary alicyclic amines) is 1. The lowest BCUT2D eigenvalue weighted by Gasteiger charge is -2.29. The van der Waals surface area contributed by atoms with Gasteiger partial charge in [0.2, 0.25) is 17.7 Å². The normalized spacial score (nSPS) is 19.4. The number of carboxylic acids is 1. The van der Waals surface area contributed by atoms with Crippen LogP contribution in [0, 0.1) is 0 Å². The van der Waals surface area contributed by atoms with E-state index in [9.17, 15) is 24.3 Å². The summed E-state index contributed by atoms with van der Waals surface area (Å²) in [6.07, 6.45) is 0.282. The molecule has 0 saturated carbocycles. The number of carbonyl (C=O) groups excluding carboxylic acids is 3. The molecule has 1 heterocycles. The van der Waals surface area contributed by atoms with Gasteiger partial charge in [-0.3, -0.25) is 19.4 Å². The van der Waals surface area contributed by atoms with Crippen LogP contribution >= 0.6 is 0 Å². The molecule has 32 heavy (non-hydrogen) atoms. The SMILES string of the molecule is CC(O)C(NC(=O)C1CCCN1C(=O)C(N)CCCN=C(N)N)C(=O)NC(CO)C(=O)O. The fourth-order valence-electron chi connectivity index (χ4n) is 3.26. The van der Waals surface area contributed by atoms with Gasteiger partial charge in [0, 0.05) is 13.1 Å². The minimum atomic E-state index is -1.60. The van der Waals surface area contributed by atoms with Crippen LogP contribution < -0.4 is 27.8 Å². The van der Waals surface area contributed by atoms with Gasteiger partial charge in [-0.05, 0) is 32.6 Å². The Morgan fingerprint density at radius 3 is 2.41 bits per heavy atom. The van der Waals surface area contributed by atoms with E-state index in [0.717, 1.165) is 0 Å². The zero-order valence-corrected chi connectivity index (χ0v) is 17.9. The predicted molar refractivity (Wildman–Crippen MR) is 113 cm³/mol. The second kappa shape index (κ2) is 12.8. The van der Waals surface area contributed by atoms with E-state index in [1.54, 1.807) is 0 Å². The molecule has 0 aromatic heterocycles. The Morgan fingerprint density at radius 1 is 1.22 bits per heavy atom. The second-order valence-corrected chi connectivity index (χ2v) is 7.55. The zero-order chi connectivity index (χ0) is 24.4. The summed E-state index contributed by atoms with van der Waals surface area (Å²) in [5.41, 5.74) is 16.4. The van der Waals surface area contributed by atoms with Crippen molar-refractivity contribution in [3.63, 3.8) is 0 Å². The number of nitrogens with zero attached hydrogens (tertiary/aromatic N) is 2. The van der Waals surface area contributed by atoms with Crippen molar-refractivity contribution < 1.29 is 34.5 Å². The van der Waals surface area contributed by atoms with Gasteiger partial charge >= 0.3 is 5.97 Å². The number of aliphatic imine (C=N–C) groups is 1. The number of nitrogens with two attached hydrogens (primary N) is 3. The molecule has 1 aliphatic heterocycles. The van der Waals surface area contributed by atoms with Crippen LogP contribution in [0.2, 0.25) is 0 Å². The fraction of sp³-hybridized carbons (Fsp3) is 0.722. The van der Waals surface area contributed by atoms with E-state index in [4.69, 9.17) is 27.4 Å². The number of hydrogen-bond acceptors (Lipinski definition) is 8. The van der Waals surface area contributed by atoms with Crippen LogP contribution in [0.4, 0.5) is 0 Å². The van der Waals surface area contributed by atoms with Crippen molar-refractivity contribution in [3.05, 3.63) is 0 Å². The molecule has 0 aliphatic carbocycles. The third-order valence-electron chi connectivity index (χ3n) is 4.98. The van der Waals surface area contributed by atoms with Crippen LogP contribution in [-0.4, -0.2) is 99.8 Å². The smallest absolute Gasteiger partial charge is 0.328 e. The third-order valence-corrected chi connectivity index (χ3v) is 4.98. The van der Waals surface area contributed by atoms with E-state index in [1.165, 1.54) is 11.8 Å². The highest BCUT2D eigenvalue weighted by Crippen LogP contribution is 2.19. The number of nitrogens with one attached hydrogen (secondary N) is 2. The quantitative estimate of drug-likeness (QED) is 0.0793. The Kier molecular flexibility index (Phi) is 10.8. The monoisotopic (exact) mass is 459 g/mol. The van der Waals surface area contributed by atoms with Gasteiger partial charge < -0.3 is 48.1 Å². The fourth-order valence-corrected chi connectivity index (χ4v) is 3.26. The highest BCUT2D eigenvalue weighted by molar-refractivity contribution is 5.94. The summed E-state index contributed by atoms with van der Waals surface area (Å²) in [5, 5.41) is 32.3. The molecular formula is C18H33N7O7. The van der Waals surface area contributed by atoms with Gasteiger partial charge in [-0.1, -0.05) is 0 Å². The van der Waals surface area contributed by atoms with Crippen molar-refractivity contribution in [1.29, 1.82) is 0 Å². The Bertz CT molecular complexity index is 712. The molecule has 1 rings (SSSR count). The topological polar surface area (TPSA) is 247 Å². The molecule has 1 aliphatic rings. The van der Waals surface area contributed by atoms with Gasteiger partial charge in [0.25, 0.3) is 0 Å². The lowest BCUT2D eigenvalue weighted by atomic mass is 10.1. The lowest BCUT2D eigenvalue weighted by Crippen LogP contribution is -2.59. The molecule has 0 radical (unpaired) electrons. The Hall–Kier alpha value is -2.97. The van der Waals surface area contributed by atoms with Crippen LogP contribution in [-0.2, 0) is 19.2 Å². The number of aliphatic hydroxyl groups is 2. The molecule has 14 heteroatoms. The number of carboxylic acid groups (broad SMARTS) is 1. The van der Waals surface area contributed by atoms with Crippen molar-refractivity contribution in [1.82, 2.24) is 15.5 Å². The van der Waals surface area contributed by atoms with Gasteiger partial charge in [0.1, 0.15) is 18.1 Å². The number of carbonyl (C=O) groups is 4. The molecule has 1 fully saturated rings. The zero-order valence-electron chi connectivity index (χ0n) is 17.9. The van der Waals surface area contributed by atoms with Gasteiger partial charge in [0.05, 0.1) is 18.8 Å². The Balaban J connectivity index is 2.77. The average molecular weight is 460 g/mol. The molecule has 14 nitrogen and oxygen atoms in total. The molecule has 1 saturated heterocycles. The number of aliphatic carboxylic acids is 1. The number of rotatable bonds is 12. The number of amides is 3. The van der Waals surface area contributed by atoms with Crippen molar-refractivity contribution in [2.45, 2.75) is 62.9 Å². The van der Waals surface area contributed by atoms with Crippen LogP contribution in [0.5, 0.6) is 0 Å². The van der Waals surface area contributed by atoms with Gasteiger partial charge in [-0.25, -0.2) is 4.79 Å². The molecular weight excluding hydrogens is 426 g/mol. The largest absolute Gasteiger partial charge is 0.480 e. The molecule has 0 spiro atoms. The Labute approximate surface area is 185 Å². The van der Waals surface area contributed by atoms with Crippen LogP contribution in [0.15, 0.2) is 4.99 Å². The van der Waals surface area contributed by atoms with E-state index >= 15 is 0 Å². The number of hydrogen-bond donors (Lipinski definition) is 8. The Morgan fingerprint density at radius 2 is 1.88 bits per heavy atom. The van der Waals surface area contributed by atoms with E-state index in [0.29, 0.717) is 38.8 Å². The lowest BCUT2D eigenvalue weighted by molar-refractivity contribution is -0.144. The highest BCUT2D eigenvalue weighted by atomic mass is 16.4. The maximum atomic E-state index is 12.8. The number of guanidine groups is 1. The van der Waals surface area contributed by atoms with E-state index < -0.39 is 60.6 Å². The highest BCUT2D eigenvalue weighted by Gasteiger charge is 2.38. The van der Waals surface area contributed by atoms with E-state index in [-0.39, 0.29) is 5.96 Å². The molecule has 0 bridgehead atoms. The minimum absolute atomic E-state index is 0.0634. The number of aliphatic hydroxyl groups excluding tert-OH is 2. The van der Waals surface area contributed by atoms with Crippen LogP contribution in [0.3, 0.4) is 0 Å². The molecule has 0 aromatic carbocycles. The maximum absolute atomic E-state index is 12.8. The van der Waals surface area contributed by atoms with Crippen molar-refractivity contribution >= 4 is 29.7 Å². The van der Waals surface area contributed by atoms with Crippen molar-refractivity contribution in [3.8, 4) is 0 Å². The molecule has 3 amide bonds. The molecule has 5 atom stereocenters. The van der Waals surface area contributed by atoms with Gasteiger partial charge in [0.15, 0.2) is 5.96 Å². The summed E-state index contributed by atoms with van der Waals surface area (Å²) in [6, 6.07) is -4.84. The maximum Gasteiger partial charge on any atom is 0.328 e. The second-order valence-electron chi connectivity index (χ2n) is 7.55. The average Bonchev–Trinajstić information content (AvgIpc) is 3.21. The third kappa shape index (κ3) is 7.94. The minimum Gasteiger partial charge on any atom is -0.480 e. The van der Waals surface area contributed by atoms with Gasteiger partial charge in [-0.2, -0.15) is 0 Å². The summed E-state index contributed by atoms with van der Waals surface area (Å²) in [5.74, 6) is -3.64.